The Balaban J connectivity index is 2.19. The lowest BCUT2D eigenvalue weighted by atomic mass is 10.4. The quantitative estimate of drug-likeness (QED) is 0.646. The number of aromatic nitrogens is 1. The number of nitrogens with one attached hydrogen (secondary N) is 3. The molecule has 0 radical (unpaired) electrons. The highest BCUT2D eigenvalue weighted by Gasteiger charge is 2.06. The van der Waals surface area contributed by atoms with Crippen molar-refractivity contribution in [3.05, 3.63) is 23.0 Å². The molecule has 0 unspecified atom stereocenters. The van der Waals surface area contributed by atoms with E-state index in [1.165, 1.54) is 0 Å². The SMILES string of the molecule is CCCNCCNC(=O)c1cc(Cl)c[nH]1. The maximum Gasteiger partial charge on any atom is 0.267 e. The molecule has 1 aromatic rings. The molecule has 4 nitrogen and oxygen atoms in total. The number of hydrogen-bond acceptors (Lipinski definition) is 2. The first-order valence-electron chi connectivity index (χ1n) is 5.07. The van der Waals surface area contributed by atoms with Gasteiger partial charge in [0.15, 0.2) is 0 Å². The Labute approximate surface area is 94.4 Å². The van der Waals surface area contributed by atoms with Gasteiger partial charge in [0.1, 0.15) is 5.69 Å². The predicted molar refractivity (Wildman–Crippen MR) is 61.3 cm³/mol. The maximum atomic E-state index is 11.5. The van der Waals surface area contributed by atoms with Crippen molar-refractivity contribution in [2.24, 2.45) is 0 Å². The Kier molecular flexibility index (Phi) is 5.21. The fourth-order valence-electron chi connectivity index (χ4n) is 1.16. The first kappa shape index (κ1) is 12.1. The van der Waals surface area contributed by atoms with Crippen LogP contribution in [0.2, 0.25) is 5.02 Å². The summed E-state index contributed by atoms with van der Waals surface area (Å²) in [4.78, 5) is 14.3. The number of aromatic amines is 1. The lowest BCUT2D eigenvalue weighted by Gasteiger charge is -2.04. The number of halogens is 1. The summed E-state index contributed by atoms with van der Waals surface area (Å²) in [6.07, 6.45) is 2.69. The molecular weight excluding hydrogens is 214 g/mol. The molecule has 0 aliphatic rings. The van der Waals surface area contributed by atoms with E-state index in [2.05, 4.69) is 22.5 Å². The maximum absolute atomic E-state index is 11.5. The Hall–Kier alpha value is -1.00. The monoisotopic (exact) mass is 229 g/mol. The Bertz CT molecular complexity index is 311. The predicted octanol–water partition coefficient (Wildman–Crippen LogP) is 1.40. The molecular formula is C10H16ClN3O. The second-order valence-corrected chi connectivity index (χ2v) is 3.67. The van der Waals surface area contributed by atoms with E-state index in [-0.39, 0.29) is 5.91 Å². The number of hydrogen-bond donors (Lipinski definition) is 3. The zero-order valence-corrected chi connectivity index (χ0v) is 9.53. The van der Waals surface area contributed by atoms with E-state index in [1.807, 2.05) is 0 Å². The molecule has 3 N–H and O–H groups in total. The summed E-state index contributed by atoms with van der Waals surface area (Å²) in [7, 11) is 0. The van der Waals surface area contributed by atoms with Crippen molar-refractivity contribution < 1.29 is 4.79 Å². The summed E-state index contributed by atoms with van der Waals surface area (Å²) >= 11 is 5.68. The van der Waals surface area contributed by atoms with Crippen molar-refractivity contribution in [1.29, 1.82) is 0 Å². The number of amides is 1. The molecule has 0 saturated carbocycles. The molecule has 1 heterocycles. The standard InChI is InChI=1S/C10H16ClN3O/c1-2-3-12-4-5-13-10(15)9-6-8(11)7-14-9/h6-7,12,14H,2-5H2,1H3,(H,13,15). The zero-order valence-electron chi connectivity index (χ0n) is 8.77. The van der Waals surface area contributed by atoms with E-state index in [9.17, 15) is 4.79 Å². The molecule has 0 aliphatic heterocycles. The van der Waals surface area contributed by atoms with Gasteiger partial charge in [0.2, 0.25) is 0 Å². The average Bonchev–Trinajstić information content (AvgIpc) is 2.64. The first-order chi connectivity index (χ1) is 7.24. The summed E-state index contributed by atoms with van der Waals surface area (Å²) in [5.41, 5.74) is 0.496. The van der Waals surface area contributed by atoms with Crippen LogP contribution >= 0.6 is 11.6 Å². The van der Waals surface area contributed by atoms with Crippen molar-refractivity contribution in [2.75, 3.05) is 19.6 Å². The fourth-order valence-corrected chi connectivity index (χ4v) is 1.32. The molecule has 1 aromatic heterocycles. The van der Waals surface area contributed by atoms with Crippen molar-refractivity contribution in [1.82, 2.24) is 15.6 Å². The molecule has 0 aromatic carbocycles. The van der Waals surface area contributed by atoms with Gasteiger partial charge in [-0.15, -0.1) is 0 Å². The van der Waals surface area contributed by atoms with Crippen LogP contribution in [0.4, 0.5) is 0 Å². The molecule has 15 heavy (non-hydrogen) atoms. The Morgan fingerprint density at radius 2 is 2.27 bits per heavy atom. The number of H-pyrrole nitrogens is 1. The van der Waals surface area contributed by atoms with Gasteiger partial charge < -0.3 is 15.6 Å². The van der Waals surface area contributed by atoms with Crippen LogP contribution in [0, 0.1) is 0 Å². The number of rotatable bonds is 6. The molecule has 0 fully saturated rings. The molecule has 5 heteroatoms. The highest BCUT2D eigenvalue weighted by molar-refractivity contribution is 6.30. The van der Waals surface area contributed by atoms with Crippen molar-refractivity contribution in [3.63, 3.8) is 0 Å². The second kappa shape index (κ2) is 6.48. The molecule has 1 amide bonds. The third-order valence-corrected chi connectivity index (χ3v) is 2.12. The topological polar surface area (TPSA) is 56.9 Å². The number of carbonyl (C=O) groups is 1. The molecule has 0 atom stereocenters. The summed E-state index contributed by atoms with van der Waals surface area (Å²) in [5, 5.41) is 6.52. The molecule has 0 saturated heterocycles. The van der Waals surface area contributed by atoms with Crippen molar-refractivity contribution in [2.45, 2.75) is 13.3 Å². The lowest BCUT2D eigenvalue weighted by molar-refractivity contribution is 0.0949. The average molecular weight is 230 g/mol. The molecule has 84 valence electrons. The van der Waals surface area contributed by atoms with Gasteiger partial charge in [-0.3, -0.25) is 4.79 Å². The van der Waals surface area contributed by atoms with Crippen LogP contribution < -0.4 is 10.6 Å². The molecule has 0 bridgehead atoms. The van der Waals surface area contributed by atoms with Crippen LogP contribution in [0.15, 0.2) is 12.3 Å². The van der Waals surface area contributed by atoms with Crippen LogP contribution in [-0.2, 0) is 0 Å². The van der Waals surface area contributed by atoms with Gasteiger partial charge in [-0.05, 0) is 19.0 Å². The van der Waals surface area contributed by atoms with E-state index in [1.54, 1.807) is 12.3 Å². The summed E-state index contributed by atoms with van der Waals surface area (Å²) in [6.45, 7) is 4.49. The van der Waals surface area contributed by atoms with Crippen LogP contribution in [0.3, 0.4) is 0 Å². The smallest absolute Gasteiger partial charge is 0.267 e. The van der Waals surface area contributed by atoms with E-state index >= 15 is 0 Å². The van der Waals surface area contributed by atoms with Crippen molar-refractivity contribution >= 4 is 17.5 Å². The van der Waals surface area contributed by atoms with Crippen molar-refractivity contribution in [3.8, 4) is 0 Å². The minimum Gasteiger partial charge on any atom is -0.356 e. The van der Waals surface area contributed by atoms with E-state index in [4.69, 9.17) is 11.6 Å². The lowest BCUT2D eigenvalue weighted by Crippen LogP contribution is -2.32. The molecule has 0 spiro atoms. The highest BCUT2D eigenvalue weighted by Crippen LogP contribution is 2.08. The van der Waals surface area contributed by atoms with E-state index in [0.29, 0.717) is 17.3 Å². The van der Waals surface area contributed by atoms with Crippen LogP contribution in [-0.4, -0.2) is 30.5 Å². The van der Waals surface area contributed by atoms with Crippen LogP contribution in [0.1, 0.15) is 23.8 Å². The van der Waals surface area contributed by atoms with Crippen LogP contribution in [0.5, 0.6) is 0 Å². The fraction of sp³-hybridized carbons (Fsp3) is 0.500. The summed E-state index contributed by atoms with van der Waals surface area (Å²) in [5.74, 6) is -0.125. The molecule has 1 rings (SSSR count). The third kappa shape index (κ3) is 4.36. The largest absolute Gasteiger partial charge is 0.356 e. The number of carbonyl (C=O) groups excluding carboxylic acids is 1. The summed E-state index contributed by atoms with van der Waals surface area (Å²) in [6, 6.07) is 1.61. The van der Waals surface area contributed by atoms with E-state index < -0.39 is 0 Å². The molecule has 0 aliphatic carbocycles. The minimum atomic E-state index is -0.125. The zero-order chi connectivity index (χ0) is 11.1. The van der Waals surface area contributed by atoms with Gasteiger partial charge >= 0.3 is 0 Å². The first-order valence-corrected chi connectivity index (χ1v) is 5.44. The van der Waals surface area contributed by atoms with Gasteiger partial charge in [-0.25, -0.2) is 0 Å². The van der Waals surface area contributed by atoms with Gasteiger partial charge in [0.05, 0.1) is 5.02 Å². The summed E-state index contributed by atoms with van der Waals surface area (Å²) < 4.78 is 0. The highest BCUT2D eigenvalue weighted by atomic mass is 35.5. The minimum absolute atomic E-state index is 0.125. The van der Waals surface area contributed by atoms with Crippen LogP contribution in [0.25, 0.3) is 0 Å². The Morgan fingerprint density at radius 3 is 2.87 bits per heavy atom. The van der Waals surface area contributed by atoms with E-state index in [0.717, 1.165) is 19.5 Å². The van der Waals surface area contributed by atoms with Gasteiger partial charge in [-0.1, -0.05) is 18.5 Å². The van der Waals surface area contributed by atoms with Gasteiger partial charge in [-0.2, -0.15) is 0 Å². The third-order valence-electron chi connectivity index (χ3n) is 1.91. The van der Waals surface area contributed by atoms with Gasteiger partial charge in [0, 0.05) is 19.3 Å². The van der Waals surface area contributed by atoms with Gasteiger partial charge in [0.25, 0.3) is 5.91 Å². The second-order valence-electron chi connectivity index (χ2n) is 3.24. The normalized spacial score (nSPS) is 10.3. The Morgan fingerprint density at radius 1 is 1.47 bits per heavy atom.